The second-order valence-electron chi connectivity index (χ2n) is 4.08. The van der Waals surface area contributed by atoms with Gasteiger partial charge in [-0.15, -0.1) is 0 Å². The second-order valence-corrected chi connectivity index (χ2v) is 4.08. The van der Waals surface area contributed by atoms with Gasteiger partial charge in [-0.25, -0.2) is 9.82 Å². The molecule has 0 bridgehead atoms. The van der Waals surface area contributed by atoms with Crippen molar-refractivity contribution in [3.05, 3.63) is 53.6 Å². The third-order valence-electron chi connectivity index (χ3n) is 3.04. The molecule has 0 saturated heterocycles. The Kier molecular flexibility index (Phi) is 4.49. The van der Waals surface area contributed by atoms with E-state index in [9.17, 15) is 4.39 Å². The van der Waals surface area contributed by atoms with Gasteiger partial charge in [0, 0.05) is 17.3 Å². The first-order valence-electron chi connectivity index (χ1n) is 5.99. The predicted octanol–water partition coefficient (Wildman–Crippen LogP) is 1.79. The summed E-state index contributed by atoms with van der Waals surface area (Å²) in [4.78, 5) is 3.97. The van der Waals surface area contributed by atoms with Crippen molar-refractivity contribution >= 4 is 0 Å². The molecule has 3 N–H and O–H groups in total. The lowest BCUT2D eigenvalue weighted by molar-refractivity contribution is 0.379. The van der Waals surface area contributed by atoms with Gasteiger partial charge in [0.25, 0.3) is 0 Å². The summed E-state index contributed by atoms with van der Waals surface area (Å²) in [5.74, 6) is 5.81. The molecule has 1 heterocycles. The molecule has 1 aromatic carbocycles. The molecule has 2 aromatic rings. The van der Waals surface area contributed by atoms with Gasteiger partial charge in [0.1, 0.15) is 5.75 Å². The maximum absolute atomic E-state index is 14.4. The Labute approximate surface area is 116 Å². The summed E-state index contributed by atoms with van der Waals surface area (Å²) in [6.07, 6.45) is 3.15. The Balaban J connectivity index is 2.53. The van der Waals surface area contributed by atoms with Crippen LogP contribution in [0.4, 0.5) is 4.39 Å². The van der Waals surface area contributed by atoms with Crippen LogP contribution in [0.3, 0.4) is 0 Å². The third kappa shape index (κ3) is 2.56. The van der Waals surface area contributed by atoms with E-state index >= 15 is 0 Å². The summed E-state index contributed by atoms with van der Waals surface area (Å²) >= 11 is 0. The molecular formula is C14H16FN3O2. The topological polar surface area (TPSA) is 69.4 Å². The molecule has 106 valence electrons. The fourth-order valence-electron chi connectivity index (χ4n) is 2.06. The number of pyridine rings is 1. The molecule has 6 heteroatoms. The van der Waals surface area contributed by atoms with Gasteiger partial charge in [0.05, 0.1) is 26.5 Å². The first-order valence-corrected chi connectivity index (χ1v) is 5.99. The van der Waals surface area contributed by atoms with Crippen LogP contribution in [0.15, 0.2) is 36.7 Å². The molecule has 0 amide bonds. The van der Waals surface area contributed by atoms with Gasteiger partial charge in [-0.05, 0) is 12.1 Å². The fraction of sp³-hybridized carbons (Fsp3) is 0.214. The van der Waals surface area contributed by atoms with Crippen molar-refractivity contribution in [3.8, 4) is 11.5 Å². The van der Waals surface area contributed by atoms with E-state index < -0.39 is 11.9 Å². The summed E-state index contributed by atoms with van der Waals surface area (Å²) in [6.45, 7) is 0. The number of aromatic nitrogens is 1. The smallest absolute Gasteiger partial charge is 0.170 e. The largest absolute Gasteiger partial charge is 0.495 e. The Hall–Kier alpha value is -2.18. The van der Waals surface area contributed by atoms with Crippen LogP contribution in [-0.4, -0.2) is 19.2 Å². The van der Waals surface area contributed by atoms with Crippen molar-refractivity contribution in [2.75, 3.05) is 14.2 Å². The molecule has 0 aliphatic heterocycles. The van der Waals surface area contributed by atoms with Gasteiger partial charge in [-0.1, -0.05) is 12.1 Å². The average molecular weight is 277 g/mol. The number of nitrogens with zero attached hydrogens (tertiary/aromatic N) is 1. The second kappa shape index (κ2) is 6.31. The Bertz CT molecular complexity index is 592. The zero-order valence-electron chi connectivity index (χ0n) is 11.3. The molecule has 1 aromatic heterocycles. The van der Waals surface area contributed by atoms with Crippen LogP contribution in [0.25, 0.3) is 0 Å². The SMILES string of the molecule is COc1cnccc1C(NN)c1cccc(OC)c1F. The van der Waals surface area contributed by atoms with Crippen molar-refractivity contribution in [1.29, 1.82) is 0 Å². The number of methoxy groups -OCH3 is 2. The molecule has 0 fully saturated rings. The van der Waals surface area contributed by atoms with E-state index in [0.29, 0.717) is 16.9 Å². The third-order valence-corrected chi connectivity index (χ3v) is 3.04. The normalized spacial score (nSPS) is 12.0. The minimum Gasteiger partial charge on any atom is -0.495 e. The van der Waals surface area contributed by atoms with Gasteiger partial charge in [0.15, 0.2) is 11.6 Å². The molecule has 0 saturated carbocycles. The summed E-state index contributed by atoms with van der Waals surface area (Å²) in [6, 6.07) is 6.05. The molecule has 5 nitrogen and oxygen atoms in total. The number of halogens is 1. The highest BCUT2D eigenvalue weighted by molar-refractivity contribution is 5.42. The number of rotatable bonds is 5. The van der Waals surface area contributed by atoms with Crippen LogP contribution < -0.4 is 20.7 Å². The lowest BCUT2D eigenvalue weighted by Gasteiger charge is -2.20. The van der Waals surface area contributed by atoms with Gasteiger partial charge >= 0.3 is 0 Å². The highest BCUT2D eigenvalue weighted by Crippen LogP contribution is 2.32. The van der Waals surface area contributed by atoms with Crippen LogP contribution in [0.2, 0.25) is 0 Å². The average Bonchev–Trinajstić information content (AvgIpc) is 2.50. The molecule has 1 unspecified atom stereocenters. The first kappa shape index (κ1) is 14.2. The van der Waals surface area contributed by atoms with Gasteiger partial charge in [-0.3, -0.25) is 10.8 Å². The van der Waals surface area contributed by atoms with E-state index in [1.807, 2.05) is 0 Å². The maximum atomic E-state index is 14.4. The zero-order chi connectivity index (χ0) is 14.5. The Morgan fingerprint density at radius 1 is 1.15 bits per heavy atom. The molecule has 0 aliphatic carbocycles. The fourth-order valence-corrected chi connectivity index (χ4v) is 2.06. The van der Waals surface area contributed by atoms with Crippen LogP contribution in [0.5, 0.6) is 11.5 Å². The minimum absolute atomic E-state index is 0.163. The van der Waals surface area contributed by atoms with E-state index in [4.69, 9.17) is 15.3 Å². The maximum Gasteiger partial charge on any atom is 0.170 e. The van der Waals surface area contributed by atoms with Gasteiger partial charge in [-0.2, -0.15) is 0 Å². The molecule has 0 radical (unpaired) electrons. The predicted molar refractivity (Wildman–Crippen MR) is 72.9 cm³/mol. The number of hydrogen-bond donors (Lipinski definition) is 2. The number of benzene rings is 1. The van der Waals surface area contributed by atoms with E-state index in [0.717, 1.165) is 0 Å². The van der Waals surface area contributed by atoms with E-state index in [1.165, 1.54) is 14.2 Å². The number of nitrogens with two attached hydrogens (primary N) is 1. The lowest BCUT2D eigenvalue weighted by Crippen LogP contribution is -2.30. The van der Waals surface area contributed by atoms with Crippen molar-refractivity contribution in [2.45, 2.75) is 6.04 Å². The number of nitrogens with one attached hydrogen (secondary N) is 1. The first-order chi connectivity index (χ1) is 9.72. The van der Waals surface area contributed by atoms with Crippen LogP contribution in [-0.2, 0) is 0 Å². The number of hydrazine groups is 1. The van der Waals surface area contributed by atoms with Gasteiger partial charge in [0.2, 0.25) is 0 Å². The highest BCUT2D eigenvalue weighted by Gasteiger charge is 2.22. The van der Waals surface area contributed by atoms with E-state index in [1.54, 1.807) is 36.7 Å². The zero-order valence-corrected chi connectivity index (χ0v) is 11.3. The Morgan fingerprint density at radius 3 is 2.55 bits per heavy atom. The van der Waals surface area contributed by atoms with Crippen molar-refractivity contribution in [2.24, 2.45) is 5.84 Å². The van der Waals surface area contributed by atoms with Crippen molar-refractivity contribution in [3.63, 3.8) is 0 Å². The number of hydrogen-bond acceptors (Lipinski definition) is 5. The quantitative estimate of drug-likeness (QED) is 0.644. The summed E-state index contributed by atoms with van der Waals surface area (Å²) in [7, 11) is 2.94. The molecule has 2 rings (SSSR count). The lowest BCUT2D eigenvalue weighted by atomic mass is 9.98. The van der Waals surface area contributed by atoms with Crippen LogP contribution in [0.1, 0.15) is 17.2 Å². The van der Waals surface area contributed by atoms with E-state index in [2.05, 4.69) is 10.4 Å². The van der Waals surface area contributed by atoms with E-state index in [-0.39, 0.29) is 5.75 Å². The standard InChI is InChI=1S/C14H16FN3O2/c1-19-11-5-3-4-10(13(11)15)14(18-16)9-6-7-17-8-12(9)20-2/h3-8,14,18H,16H2,1-2H3. The molecule has 0 spiro atoms. The Morgan fingerprint density at radius 2 is 1.90 bits per heavy atom. The summed E-state index contributed by atoms with van der Waals surface area (Å²) in [5.41, 5.74) is 3.66. The van der Waals surface area contributed by atoms with Gasteiger partial charge < -0.3 is 9.47 Å². The molecule has 0 aliphatic rings. The molecular weight excluding hydrogens is 261 g/mol. The summed E-state index contributed by atoms with van der Waals surface area (Å²) < 4.78 is 24.6. The molecule has 20 heavy (non-hydrogen) atoms. The van der Waals surface area contributed by atoms with Crippen LogP contribution >= 0.6 is 0 Å². The van der Waals surface area contributed by atoms with Crippen LogP contribution in [0, 0.1) is 5.82 Å². The minimum atomic E-state index is -0.567. The van der Waals surface area contributed by atoms with Crippen molar-refractivity contribution in [1.82, 2.24) is 10.4 Å². The molecule has 1 atom stereocenters. The highest BCUT2D eigenvalue weighted by atomic mass is 19.1. The van der Waals surface area contributed by atoms with Crippen molar-refractivity contribution < 1.29 is 13.9 Å². The number of ether oxygens (including phenoxy) is 2. The monoisotopic (exact) mass is 277 g/mol. The summed E-state index contributed by atoms with van der Waals surface area (Å²) in [5, 5.41) is 0.